The molecule has 0 aromatic heterocycles. The number of carbonyl (C=O) groups is 3. The fourth-order valence-corrected chi connectivity index (χ4v) is 4.45. The lowest BCUT2D eigenvalue weighted by molar-refractivity contribution is 0.0273. The van der Waals surface area contributed by atoms with E-state index in [1.165, 1.54) is 31.3 Å². The first-order valence-electron chi connectivity index (χ1n) is 11.6. The first-order valence-corrected chi connectivity index (χ1v) is 11.6. The third kappa shape index (κ3) is 5.25. The summed E-state index contributed by atoms with van der Waals surface area (Å²) in [6.45, 7) is 1.21. The highest BCUT2D eigenvalue weighted by molar-refractivity contribution is 6.21. The topological polar surface area (TPSA) is 84.9 Å². The van der Waals surface area contributed by atoms with Crippen LogP contribution in [0.15, 0.2) is 42.5 Å². The van der Waals surface area contributed by atoms with Gasteiger partial charge in [0.25, 0.3) is 17.7 Å². The number of rotatable bonds is 9. The van der Waals surface area contributed by atoms with Crippen LogP contribution in [0, 0.1) is 0 Å². The number of imide groups is 1. The molecule has 0 unspecified atom stereocenters. The van der Waals surface area contributed by atoms with E-state index in [0.717, 1.165) is 19.3 Å². The number of nitrogens with one attached hydrogen (secondary N) is 1. The largest absolute Gasteiger partial charge is 0.496 e. The van der Waals surface area contributed by atoms with Gasteiger partial charge in [-0.1, -0.05) is 37.5 Å². The van der Waals surface area contributed by atoms with Crippen LogP contribution in [0.4, 0.5) is 0 Å². The van der Waals surface area contributed by atoms with Gasteiger partial charge in [0.05, 0.1) is 36.4 Å². The van der Waals surface area contributed by atoms with E-state index in [2.05, 4.69) is 5.32 Å². The monoisotopic (exact) mass is 450 g/mol. The number of hydrogen-bond acceptors (Lipinski definition) is 5. The summed E-state index contributed by atoms with van der Waals surface area (Å²) in [6.07, 6.45) is 7.11. The number of ether oxygens (including phenoxy) is 2. The minimum Gasteiger partial charge on any atom is -0.496 e. The van der Waals surface area contributed by atoms with Gasteiger partial charge < -0.3 is 14.8 Å². The molecule has 7 nitrogen and oxygen atoms in total. The zero-order valence-electron chi connectivity index (χ0n) is 19.0. The van der Waals surface area contributed by atoms with E-state index in [1.54, 1.807) is 42.5 Å². The maximum atomic E-state index is 12.8. The van der Waals surface area contributed by atoms with Crippen LogP contribution in [-0.2, 0) is 11.3 Å². The van der Waals surface area contributed by atoms with Crippen molar-refractivity contribution < 1.29 is 23.9 Å². The van der Waals surface area contributed by atoms with Crippen LogP contribution < -0.4 is 10.1 Å². The van der Waals surface area contributed by atoms with Gasteiger partial charge in [-0.3, -0.25) is 19.3 Å². The molecule has 4 rings (SSSR count). The van der Waals surface area contributed by atoms with Gasteiger partial charge in [0.2, 0.25) is 0 Å². The molecule has 0 radical (unpaired) electrons. The minimum atomic E-state index is -0.324. The van der Waals surface area contributed by atoms with Crippen molar-refractivity contribution in [2.24, 2.45) is 0 Å². The first-order chi connectivity index (χ1) is 16.1. The fourth-order valence-electron chi connectivity index (χ4n) is 4.45. The first kappa shape index (κ1) is 23.0. The Morgan fingerprint density at radius 3 is 2.39 bits per heavy atom. The molecule has 2 aliphatic rings. The van der Waals surface area contributed by atoms with Crippen molar-refractivity contribution in [2.45, 2.75) is 51.2 Å². The van der Waals surface area contributed by atoms with Gasteiger partial charge >= 0.3 is 0 Å². The molecular weight excluding hydrogens is 420 g/mol. The third-order valence-electron chi connectivity index (χ3n) is 6.24. The maximum absolute atomic E-state index is 12.8. The Bertz CT molecular complexity index is 994. The second-order valence-corrected chi connectivity index (χ2v) is 8.52. The Labute approximate surface area is 194 Å². The third-order valence-corrected chi connectivity index (χ3v) is 6.24. The van der Waals surface area contributed by atoms with Crippen molar-refractivity contribution in [1.29, 1.82) is 0 Å². The standard InChI is InChI=1S/C26H30N2O5/c1-32-23-13-12-18(17-28-25(30)20-10-5-6-11-21(20)26(28)31)16-22(23)24(29)27-14-7-15-33-19-8-3-2-4-9-19/h5-6,10-13,16,19H,2-4,7-9,14-15,17H2,1H3,(H,27,29). The van der Waals surface area contributed by atoms with Crippen molar-refractivity contribution in [1.82, 2.24) is 10.2 Å². The summed E-state index contributed by atoms with van der Waals surface area (Å²) in [5.74, 6) is -0.462. The molecule has 1 saturated carbocycles. The molecule has 0 bridgehead atoms. The van der Waals surface area contributed by atoms with Crippen LogP contribution >= 0.6 is 0 Å². The number of benzene rings is 2. The average Bonchev–Trinajstić information content (AvgIpc) is 3.09. The van der Waals surface area contributed by atoms with E-state index in [4.69, 9.17) is 9.47 Å². The summed E-state index contributed by atoms with van der Waals surface area (Å²) in [5.41, 5.74) is 1.87. The number of methoxy groups -OCH3 is 1. The van der Waals surface area contributed by atoms with E-state index in [0.29, 0.717) is 47.3 Å². The lowest BCUT2D eigenvalue weighted by Gasteiger charge is -2.22. The zero-order valence-corrected chi connectivity index (χ0v) is 19.0. The van der Waals surface area contributed by atoms with Crippen LogP contribution in [0.25, 0.3) is 0 Å². The number of nitrogens with zero attached hydrogens (tertiary/aromatic N) is 1. The normalized spacial score (nSPS) is 16.1. The van der Waals surface area contributed by atoms with Gasteiger partial charge in [0.1, 0.15) is 5.75 Å². The molecule has 2 aromatic rings. The summed E-state index contributed by atoms with van der Waals surface area (Å²) in [4.78, 5) is 39.3. The maximum Gasteiger partial charge on any atom is 0.261 e. The summed E-state index contributed by atoms with van der Waals surface area (Å²) in [7, 11) is 1.51. The van der Waals surface area contributed by atoms with Crippen LogP contribution in [0.3, 0.4) is 0 Å². The fraction of sp³-hybridized carbons (Fsp3) is 0.423. The molecule has 1 aliphatic carbocycles. The highest BCUT2D eigenvalue weighted by Gasteiger charge is 2.35. The number of fused-ring (bicyclic) bond motifs is 1. The minimum absolute atomic E-state index is 0.0891. The molecule has 1 aliphatic heterocycles. The highest BCUT2D eigenvalue weighted by Crippen LogP contribution is 2.26. The van der Waals surface area contributed by atoms with Crippen LogP contribution in [0.1, 0.15) is 75.2 Å². The van der Waals surface area contributed by atoms with E-state index >= 15 is 0 Å². The molecule has 1 fully saturated rings. The second-order valence-electron chi connectivity index (χ2n) is 8.52. The van der Waals surface area contributed by atoms with E-state index in [1.807, 2.05) is 0 Å². The Balaban J connectivity index is 1.35. The van der Waals surface area contributed by atoms with E-state index in [-0.39, 0.29) is 24.3 Å². The van der Waals surface area contributed by atoms with Gasteiger partial charge in [-0.2, -0.15) is 0 Å². The summed E-state index contributed by atoms with van der Waals surface area (Å²) < 4.78 is 11.3. The molecule has 174 valence electrons. The van der Waals surface area contributed by atoms with Crippen LogP contribution in [-0.4, -0.2) is 49.0 Å². The molecule has 3 amide bonds. The lowest BCUT2D eigenvalue weighted by Crippen LogP contribution is -2.29. The summed E-state index contributed by atoms with van der Waals surface area (Å²) in [5, 5.41) is 2.92. The van der Waals surface area contributed by atoms with Crippen molar-refractivity contribution in [3.63, 3.8) is 0 Å². The predicted molar refractivity (Wildman–Crippen MR) is 123 cm³/mol. The van der Waals surface area contributed by atoms with Crippen molar-refractivity contribution in [2.75, 3.05) is 20.3 Å². The van der Waals surface area contributed by atoms with Crippen LogP contribution in [0.5, 0.6) is 5.75 Å². The van der Waals surface area contributed by atoms with Crippen molar-refractivity contribution >= 4 is 17.7 Å². The van der Waals surface area contributed by atoms with Crippen molar-refractivity contribution in [3.8, 4) is 5.75 Å². The predicted octanol–water partition coefficient (Wildman–Crippen LogP) is 3.96. The number of hydrogen-bond donors (Lipinski definition) is 1. The van der Waals surface area contributed by atoms with Gasteiger partial charge in [-0.05, 0) is 49.1 Å². The zero-order chi connectivity index (χ0) is 23.2. The molecule has 33 heavy (non-hydrogen) atoms. The Kier molecular flexibility index (Phi) is 7.40. The van der Waals surface area contributed by atoms with E-state index in [9.17, 15) is 14.4 Å². The lowest BCUT2D eigenvalue weighted by atomic mass is 9.98. The summed E-state index contributed by atoms with van der Waals surface area (Å²) in [6, 6.07) is 11.9. The molecule has 0 spiro atoms. The molecule has 7 heteroatoms. The van der Waals surface area contributed by atoms with Gasteiger partial charge in [0, 0.05) is 13.2 Å². The van der Waals surface area contributed by atoms with Gasteiger partial charge in [0.15, 0.2) is 0 Å². The van der Waals surface area contributed by atoms with E-state index < -0.39 is 0 Å². The molecule has 1 N–H and O–H groups in total. The molecule has 2 aromatic carbocycles. The van der Waals surface area contributed by atoms with Gasteiger partial charge in [-0.15, -0.1) is 0 Å². The average molecular weight is 451 g/mol. The molecular formula is C26H30N2O5. The molecule has 0 atom stereocenters. The van der Waals surface area contributed by atoms with Crippen LogP contribution in [0.2, 0.25) is 0 Å². The second kappa shape index (κ2) is 10.6. The Hall–Kier alpha value is -3.19. The number of carbonyl (C=O) groups excluding carboxylic acids is 3. The number of amides is 3. The Morgan fingerprint density at radius 2 is 1.73 bits per heavy atom. The molecule has 0 saturated heterocycles. The smallest absolute Gasteiger partial charge is 0.261 e. The van der Waals surface area contributed by atoms with Gasteiger partial charge in [-0.25, -0.2) is 0 Å². The Morgan fingerprint density at radius 1 is 1.03 bits per heavy atom. The highest BCUT2D eigenvalue weighted by atomic mass is 16.5. The SMILES string of the molecule is COc1ccc(CN2C(=O)c3ccccc3C2=O)cc1C(=O)NCCCOC1CCCCC1. The quantitative estimate of drug-likeness (QED) is 0.462. The van der Waals surface area contributed by atoms with Crippen molar-refractivity contribution in [3.05, 3.63) is 64.7 Å². The molecule has 1 heterocycles. The summed E-state index contributed by atoms with van der Waals surface area (Å²) >= 11 is 0.